The van der Waals surface area contributed by atoms with E-state index in [1.54, 1.807) is 0 Å². The summed E-state index contributed by atoms with van der Waals surface area (Å²) in [5, 5.41) is 3.48. The fourth-order valence-electron chi connectivity index (χ4n) is 2.46. The number of carbonyl (C=O) groups excluding carboxylic acids is 1. The highest BCUT2D eigenvalue weighted by Gasteiger charge is 2.28. The summed E-state index contributed by atoms with van der Waals surface area (Å²) in [4.78, 5) is 14.2. The van der Waals surface area contributed by atoms with Crippen LogP contribution in [0.4, 0.5) is 0 Å². The normalized spacial score (nSPS) is 24.7. The van der Waals surface area contributed by atoms with Crippen LogP contribution in [0.5, 0.6) is 0 Å². The van der Waals surface area contributed by atoms with Crippen LogP contribution in [0.1, 0.15) is 45.4 Å². The number of carbonyl (C=O) groups is 1. The van der Waals surface area contributed by atoms with Gasteiger partial charge in [-0.25, -0.2) is 0 Å². The fourth-order valence-corrected chi connectivity index (χ4v) is 2.46. The third-order valence-corrected chi connectivity index (χ3v) is 3.61. The lowest BCUT2D eigenvalue weighted by atomic mass is 10.2. The first kappa shape index (κ1) is 11.9. The summed E-state index contributed by atoms with van der Waals surface area (Å²) < 4.78 is 0. The highest BCUT2D eigenvalue weighted by Crippen LogP contribution is 2.32. The van der Waals surface area contributed by atoms with Gasteiger partial charge in [0.2, 0.25) is 5.91 Å². The third-order valence-electron chi connectivity index (χ3n) is 3.61. The van der Waals surface area contributed by atoms with Crippen LogP contribution in [-0.4, -0.2) is 36.5 Å². The Labute approximate surface area is 98.6 Å². The van der Waals surface area contributed by atoms with Gasteiger partial charge in [0.1, 0.15) is 0 Å². The van der Waals surface area contributed by atoms with Crippen molar-refractivity contribution in [3.8, 4) is 0 Å². The molecule has 1 N–H and O–H groups in total. The Morgan fingerprint density at radius 1 is 1.38 bits per heavy atom. The van der Waals surface area contributed by atoms with E-state index in [0.29, 0.717) is 17.9 Å². The summed E-state index contributed by atoms with van der Waals surface area (Å²) >= 11 is 0. The Hall–Kier alpha value is -0.570. The minimum atomic E-state index is 0.387. The Morgan fingerprint density at radius 2 is 2.19 bits per heavy atom. The zero-order chi connectivity index (χ0) is 11.4. The number of nitrogens with one attached hydrogen (secondary N) is 1. The van der Waals surface area contributed by atoms with Crippen molar-refractivity contribution < 1.29 is 4.79 Å². The Balaban J connectivity index is 1.79. The molecule has 0 aromatic heterocycles. The van der Waals surface area contributed by atoms with Gasteiger partial charge < -0.3 is 10.2 Å². The van der Waals surface area contributed by atoms with Gasteiger partial charge >= 0.3 is 0 Å². The highest BCUT2D eigenvalue weighted by molar-refractivity contribution is 5.76. The van der Waals surface area contributed by atoms with Crippen LogP contribution in [0.3, 0.4) is 0 Å². The van der Waals surface area contributed by atoms with E-state index in [4.69, 9.17) is 0 Å². The summed E-state index contributed by atoms with van der Waals surface area (Å²) in [6.07, 6.45) is 6.91. The van der Waals surface area contributed by atoms with Crippen molar-refractivity contribution in [3.63, 3.8) is 0 Å². The molecule has 2 aliphatic rings. The van der Waals surface area contributed by atoms with E-state index in [-0.39, 0.29) is 0 Å². The lowest BCUT2D eigenvalue weighted by Gasteiger charge is -2.25. The molecular weight excluding hydrogens is 200 g/mol. The van der Waals surface area contributed by atoms with E-state index in [9.17, 15) is 4.79 Å². The highest BCUT2D eigenvalue weighted by atomic mass is 16.2. The van der Waals surface area contributed by atoms with Gasteiger partial charge in [-0.1, -0.05) is 6.92 Å². The zero-order valence-corrected chi connectivity index (χ0v) is 10.4. The lowest BCUT2D eigenvalue weighted by molar-refractivity contribution is -0.131. The molecule has 1 heterocycles. The fraction of sp³-hybridized carbons (Fsp3) is 0.923. The minimum Gasteiger partial charge on any atom is -0.341 e. The molecule has 2 fully saturated rings. The summed E-state index contributed by atoms with van der Waals surface area (Å²) in [5.74, 6) is 1.10. The van der Waals surface area contributed by atoms with Crippen molar-refractivity contribution in [1.82, 2.24) is 10.2 Å². The lowest BCUT2D eigenvalue weighted by Crippen LogP contribution is -2.41. The molecule has 1 aliphatic heterocycles. The second-order valence-electron chi connectivity index (χ2n) is 5.28. The third kappa shape index (κ3) is 3.48. The van der Waals surface area contributed by atoms with Gasteiger partial charge in [0.05, 0.1) is 0 Å². The van der Waals surface area contributed by atoms with Crippen LogP contribution in [-0.2, 0) is 4.79 Å². The first-order valence-corrected chi connectivity index (χ1v) is 6.80. The van der Waals surface area contributed by atoms with E-state index in [1.807, 2.05) is 0 Å². The van der Waals surface area contributed by atoms with Crippen molar-refractivity contribution in [2.45, 2.75) is 51.5 Å². The average molecular weight is 224 g/mol. The molecule has 3 heteroatoms. The first-order valence-electron chi connectivity index (χ1n) is 6.80. The molecule has 0 spiro atoms. The van der Waals surface area contributed by atoms with Crippen LogP contribution in [0.15, 0.2) is 0 Å². The molecule has 1 saturated carbocycles. The molecule has 92 valence electrons. The molecule has 3 nitrogen and oxygen atoms in total. The standard InChI is InChI=1S/C13H24N2O/c1-2-8-15(10-12-4-3-7-14-12)13(16)9-11-5-6-11/h11-12,14H,2-10H2,1H3. The van der Waals surface area contributed by atoms with E-state index < -0.39 is 0 Å². The van der Waals surface area contributed by atoms with Crippen LogP contribution in [0.2, 0.25) is 0 Å². The largest absolute Gasteiger partial charge is 0.341 e. The van der Waals surface area contributed by atoms with E-state index in [1.165, 1.54) is 25.7 Å². The van der Waals surface area contributed by atoms with E-state index >= 15 is 0 Å². The Kier molecular flexibility index (Phi) is 4.22. The van der Waals surface area contributed by atoms with Gasteiger partial charge in [0, 0.05) is 25.6 Å². The topological polar surface area (TPSA) is 32.3 Å². The Morgan fingerprint density at radius 3 is 2.75 bits per heavy atom. The van der Waals surface area contributed by atoms with Gasteiger partial charge in [-0.3, -0.25) is 4.79 Å². The molecule has 0 radical (unpaired) electrons. The van der Waals surface area contributed by atoms with Gasteiger partial charge in [-0.15, -0.1) is 0 Å². The second-order valence-corrected chi connectivity index (χ2v) is 5.28. The molecular formula is C13H24N2O. The molecule has 1 unspecified atom stereocenters. The number of hydrogen-bond donors (Lipinski definition) is 1. The number of rotatable bonds is 6. The SMILES string of the molecule is CCCN(CC1CCCN1)C(=O)CC1CC1. The zero-order valence-electron chi connectivity index (χ0n) is 10.4. The van der Waals surface area contributed by atoms with Crippen LogP contribution >= 0.6 is 0 Å². The predicted molar refractivity (Wildman–Crippen MR) is 65.2 cm³/mol. The monoisotopic (exact) mass is 224 g/mol. The summed E-state index contributed by atoms with van der Waals surface area (Å²) in [6.45, 7) is 5.14. The van der Waals surface area contributed by atoms with Crippen LogP contribution < -0.4 is 5.32 Å². The molecule has 0 aromatic rings. The van der Waals surface area contributed by atoms with Crippen molar-refractivity contribution >= 4 is 5.91 Å². The van der Waals surface area contributed by atoms with Crippen molar-refractivity contribution in [1.29, 1.82) is 0 Å². The maximum atomic E-state index is 12.1. The number of amides is 1. The maximum Gasteiger partial charge on any atom is 0.222 e. The summed E-state index contributed by atoms with van der Waals surface area (Å²) in [5.41, 5.74) is 0. The van der Waals surface area contributed by atoms with Gasteiger partial charge in [-0.2, -0.15) is 0 Å². The van der Waals surface area contributed by atoms with Crippen molar-refractivity contribution in [2.24, 2.45) is 5.92 Å². The van der Waals surface area contributed by atoms with Crippen molar-refractivity contribution in [3.05, 3.63) is 0 Å². The van der Waals surface area contributed by atoms with Gasteiger partial charge in [0.15, 0.2) is 0 Å². The quantitative estimate of drug-likeness (QED) is 0.746. The molecule has 1 amide bonds. The summed E-state index contributed by atoms with van der Waals surface area (Å²) in [7, 11) is 0. The molecule has 0 bridgehead atoms. The maximum absolute atomic E-state index is 12.1. The minimum absolute atomic E-state index is 0.387. The van der Waals surface area contributed by atoms with Crippen LogP contribution in [0, 0.1) is 5.92 Å². The molecule has 16 heavy (non-hydrogen) atoms. The molecule has 1 saturated heterocycles. The summed E-state index contributed by atoms with van der Waals surface area (Å²) in [6, 6.07) is 0.551. The van der Waals surface area contributed by atoms with Gasteiger partial charge in [-0.05, 0) is 44.6 Å². The predicted octanol–water partition coefficient (Wildman–Crippen LogP) is 1.78. The average Bonchev–Trinajstić information content (AvgIpc) is 2.93. The molecule has 0 aromatic carbocycles. The molecule has 1 aliphatic carbocycles. The second kappa shape index (κ2) is 5.67. The van der Waals surface area contributed by atoms with E-state index in [2.05, 4.69) is 17.1 Å². The smallest absolute Gasteiger partial charge is 0.222 e. The number of hydrogen-bond acceptors (Lipinski definition) is 2. The molecule has 1 atom stereocenters. The van der Waals surface area contributed by atoms with Gasteiger partial charge in [0.25, 0.3) is 0 Å². The number of nitrogens with zero attached hydrogens (tertiary/aromatic N) is 1. The molecule has 2 rings (SSSR count). The van der Waals surface area contributed by atoms with E-state index in [0.717, 1.165) is 32.5 Å². The first-order chi connectivity index (χ1) is 7.79. The van der Waals surface area contributed by atoms with Crippen LogP contribution in [0.25, 0.3) is 0 Å². The Bertz CT molecular complexity index is 232. The van der Waals surface area contributed by atoms with Crippen molar-refractivity contribution in [2.75, 3.05) is 19.6 Å².